The van der Waals surface area contributed by atoms with E-state index in [4.69, 9.17) is 9.47 Å². The van der Waals surface area contributed by atoms with Crippen LogP contribution in [0.15, 0.2) is 36.5 Å². The Morgan fingerprint density at radius 3 is 2.88 bits per heavy atom. The van der Waals surface area contributed by atoms with Gasteiger partial charge in [-0.3, -0.25) is 4.79 Å². The van der Waals surface area contributed by atoms with Crippen LogP contribution < -0.4 is 10.1 Å². The Morgan fingerprint density at radius 2 is 2.20 bits per heavy atom. The molecule has 1 saturated heterocycles. The quantitative estimate of drug-likeness (QED) is 0.843. The molecule has 0 radical (unpaired) electrons. The van der Waals surface area contributed by atoms with Gasteiger partial charge in [-0.1, -0.05) is 18.2 Å². The smallest absolute Gasteiger partial charge is 0.328 e. The van der Waals surface area contributed by atoms with Crippen LogP contribution in [0.4, 0.5) is 0 Å². The highest BCUT2D eigenvalue weighted by Crippen LogP contribution is 2.30. The number of esters is 1. The van der Waals surface area contributed by atoms with Gasteiger partial charge in [-0.05, 0) is 35.7 Å². The number of cyclic esters (lactones) is 1. The van der Waals surface area contributed by atoms with Crippen LogP contribution in [0, 0.1) is 6.92 Å². The molecule has 2 aromatic rings. The molecule has 1 fully saturated rings. The van der Waals surface area contributed by atoms with Gasteiger partial charge in [-0.15, -0.1) is 0 Å². The summed E-state index contributed by atoms with van der Waals surface area (Å²) in [6.07, 6.45) is 2.43. The fourth-order valence-electron chi connectivity index (χ4n) is 2.95. The summed E-state index contributed by atoms with van der Waals surface area (Å²) in [5.74, 6) is 0.0225. The van der Waals surface area contributed by atoms with Crippen LogP contribution in [0.1, 0.15) is 17.5 Å². The molecule has 25 heavy (non-hydrogen) atoms. The molecule has 1 aliphatic rings. The fourth-order valence-corrected chi connectivity index (χ4v) is 2.95. The first-order valence-electron chi connectivity index (χ1n) is 8.13. The van der Waals surface area contributed by atoms with Crippen molar-refractivity contribution >= 4 is 11.9 Å². The van der Waals surface area contributed by atoms with E-state index in [0.29, 0.717) is 18.9 Å². The average Bonchev–Trinajstić information content (AvgIpc) is 3.00. The van der Waals surface area contributed by atoms with Crippen LogP contribution in [0.25, 0.3) is 11.1 Å². The van der Waals surface area contributed by atoms with E-state index < -0.39 is 6.04 Å². The van der Waals surface area contributed by atoms with Crippen LogP contribution in [0.3, 0.4) is 0 Å². The second-order valence-electron chi connectivity index (χ2n) is 5.96. The van der Waals surface area contributed by atoms with Gasteiger partial charge in [-0.25, -0.2) is 9.78 Å². The molecule has 1 amide bonds. The molecule has 1 aliphatic heterocycles. The van der Waals surface area contributed by atoms with Crippen molar-refractivity contribution in [3.05, 3.63) is 47.7 Å². The second kappa shape index (κ2) is 7.34. The number of ether oxygens (including phenoxy) is 2. The Labute approximate surface area is 146 Å². The van der Waals surface area contributed by atoms with Gasteiger partial charge in [-0.2, -0.15) is 0 Å². The third-order valence-corrected chi connectivity index (χ3v) is 4.18. The molecule has 6 nitrogen and oxygen atoms in total. The number of rotatable bonds is 5. The lowest BCUT2D eigenvalue weighted by molar-refractivity contribution is -0.141. The Balaban J connectivity index is 1.73. The number of aromatic nitrogens is 1. The highest BCUT2D eigenvalue weighted by Gasteiger charge is 2.27. The van der Waals surface area contributed by atoms with Gasteiger partial charge in [0.2, 0.25) is 11.8 Å². The first kappa shape index (κ1) is 17.0. The molecule has 1 N–H and O–H groups in total. The summed E-state index contributed by atoms with van der Waals surface area (Å²) in [5, 5.41) is 2.72. The summed E-state index contributed by atoms with van der Waals surface area (Å²) < 4.78 is 10.2. The van der Waals surface area contributed by atoms with Gasteiger partial charge < -0.3 is 14.8 Å². The molecule has 1 aromatic carbocycles. The zero-order chi connectivity index (χ0) is 17.8. The number of aryl methyl sites for hydroxylation is 1. The van der Waals surface area contributed by atoms with Crippen molar-refractivity contribution in [1.82, 2.24) is 10.3 Å². The van der Waals surface area contributed by atoms with Crippen molar-refractivity contribution in [1.29, 1.82) is 0 Å². The van der Waals surface area contributed by atoms with Crippen LogP contribution in [0.2, 0.25) is 0 Å². The summed E-state index contributed by atoms with van der Waals surface area (Å²) in [5.41, 5.74) is 3.82. The summed E-state index contributed by atoms with van der Waals surface area (Å²) in [6.45, 7) is 2.35. The largest absolute Gasteiger partial charge is 0.481 e. The Morgan fingerprint density at radius 1 is 1.36 bits per heavy atom. The number of nitrogens with one attached hydrogen (secondary N) is 1. The van der Waals surface area contributed by atoms with Gasteiger partial charge in [0.05, 0.1) is 20.1 Å². The van der Waals surface area contributed by atoms with E-state index in [9.17, 15) is 9.59 Å². The van der Waals surface area contributed by atoms with Gasteiger partial charge in [0.1, 0.15) is 6.04 Å². The Hall–Kier alpha value is -2.89. The summed E-state index contributed by atoms with van der Waals surface area (Å²) in [6, 6.07) is 9.12. The van der Waals surface area contributed by atoms with E-state index in [2.05, 4.69) is 10.3 Å². The second-order valence-corrected chi connectivity index (χ2v) is 5.96. The monoisotopic (exact) mass is 340 g/mol. The molecular formula is C19H20N2O4. The van der Waals surface area contributed by atoms with Gasteiger partial charge >= 0.3 is 5.97 Å². The van der Waals surface area contributed by atoms with Crippen molar-refractivity contribution in [2.45, 2.75) is 25.8 Å². The van der Waals surface area contributed by atoms with Crippen molar-refractivity contribution < 1.29 is 19.1 Å². The highest BCUT2D eigenvalue weighted by molar-refractivity contribution is 5.86. The summed E-state index contributed by atoms with van der Waals surface area (Å²) in [4.78, 5) is 27.8. The zero-order valence-electron chi connectivity index (χ0n) is 14.2. The maximum Gasteiger partial charge on any atom is 0.328 e. The molecule has 0 bridgehead atoms. The highest BCUT2D eigenvalue weighted by atomic mass is 16.5. The molecule has 1 atom stereocenters. The molecule has 0 saturated carbocycles. The lowest BCUT2D eigenvalue weighted by Crippen LogP contribution is -2.38. The number of hydrogen-bond acceptors (Lipinski definition) is 5. The van der Waals surface area contributed by atoms with E-state index in [1.807, 2.05) is 37.3 Å². The third-order valence-electron chi connectivity index (χ3n) is 4.18. The molecule has 1 aromatic heterocycles. The number of hydrogen-bond donors (Lipinski definition) is 1. The normalized spacial score (nSPS) is 16.4. The number of benzene rings is 1. The SMILES string of the molecule is COc1ncccc1-c1ccc(CC(=O)N[C@H]2CCOC2=O)cc1C. The van der Waals surface area contributed by atoms with Crippen molar-refractivity contribution in [2.24, 2.45) is 0 Å². The number of methoxy groups -OCH3 is 1. The van der Waals surface area contributed by atoms with E-state index in [-0.39, 0.29) is 18.3 Å². The molecular weight excluding hydrogens is 320 g/mol. The molecule has 0 aliphatic carbocycles. The Bertz CT molecular complexity index is 804. The van der Waals surface area contributed by atoms with Crippen LogP contribution in [-0.4, -0.2) is 36.6 Å². The number of nitrogens with zero attached hydrogens (tertiary/aromatic N) is 1. The maximum atomic E-state index is 12.1. The standard InChI is InChI=1S/C19H20N2O4/c1-12-10-13(11-17(22)21-16-7-9-25-19(16)23)5-6-14(12)15-4-3-8-20-18(15)24-2/h3-6,8,10,16H,7,9,11H2,1-2H3,(H,21,22)/t16-/m0/s1. The minimum Gasteiger partial charge on any atom is -0.481 e. The predicted molar refractivity (Wildman–Crippen MR) is 92.2 cm³/mol. The molecule has 6 heteroatoms. The van der Waals surface area contributed by atoms with E-state index >= 15 is 0 Å². The predicted octanol–water partition coefficient (Wildman–Crippen LogP) is 2.04. The minimum absolute atomic E-state index is 0.185. The fraction of sp³-hybridized carbons (Fsp3) is 0.316. The van der Waals surface area contributed by atoms with Crippen LogP contribution in [0.5, 0.6) is 5.88 Å². The van der Waals surface area contributed by atoms with Crippen LogP contribution in [-0.2, 0) is 20.7 Å². The van der Waals surface area contributed by atoms with Crippen molar-refractivity contribution in [2.75, 3.05) is 13.7 Å². The molecule has 0 spiro atoms. The third kappa shape index (κ3) is 3.79. The molecule has 130 valence electrons. The molecule has 3 rings (SSSR count). The number of carbonyl (C=O) groups excluding carboxylic acids is 2. The topological polar surface area (TPSA) is 77.5 Å². The number of pyridine rings is 1. The van der Waals surface area contributed by atoms with Crippen molar-refractivity contribution in [3.63, 3.8) is 0 Å². The van der Waals surface area contributed by atoms with E-state index in [1.54, 1.807) is 13.3 Å². The first-order chi connectivity index (χ1) is 12.1. The first-order valence-corrected chi connectivity index (χ1v) is 8.13. The van der Waals surface area contributed by atoms with E-state index in [1.165, 1.54) is 0 Å². The van der Waals surface area contributed by atoms with E-state index in [0.717, 1.165) is 22.3 Å². The number of carbonyl (C=O) groups is 2. The van der Waals surface area contributed by atoms with Gasteiger partial charge in [0.25, 0.3) is 0 Å². The van der Waals surface area contributed by atoms with Crippen LogP contribution >= 0.6 is 0 Å². The lowest BCUT2D eigenvalue weighted by Gasteiger charge is -2.12. The summed E-state index contributed by atoms with van der Waals surface area (Å²) in [7, 11) is 1.59. The summed E-state index contributed by atoms with van der Waals surface area (Å²) >= 11 is 0. The zero-order valence-corrected chi connectivity index (χ0v) is 14.2. The minimum atomic E-state index is -0.521. The van der Waals surface area contributed by atoms with Gasteiger partial charge in [0, 0.05) is 18.2 Å². The molecule has 0 unspecified atom stereocenters. The molecule has 2 heterocycles. The maximum absolute atomic E-state index is 12.1. The van der Waals surface area contributed by atoms with Crippen molar-refractivity contribution in [3.8, 4) is 17.0 Å². The Kier molecular flexibility index (Phi) is 4.97. The average molecular weight is 340 g/mol. The lowest BCUT2D eigenvalue weighted by atomic mass is 9.98. The number of amides is 1. The van der Waals surface area contributed by atoms with Gasteiger partial charge in [0.15, 0.2) is 0 Å².